The Morgan fingerprint density at radius 2 is 1.74 bits per heavy atom. The van der Waals surface area contributed by atoms with Gasteiger partial charge in [0.25, 0.3) is 0 Å². The van der Waals surface area contributed by atoms with Gasteiger partial charge in [-0.25, -0.2) is 0 Å². The Balaban J connectivity index is 2.83. The Bertz CT molecular complexity index is 627. The van der Waals surface area contributed by atoms with Crippen molar-refractivity contribution < 1.29 is 13.2 Å². The number of pyridine rings is 1. The molecule has 0 aliphatic heterocycles. The highest BCUT2D eigenvalue weighted by atomic mass is 79.9. The summed E-state index contributed by atoms with van der Waals surface area (Å²) >= 11 is 3.38. The molecule has 5 heteroatoms. The molecular formula is C14H13BrF3N. The van der Waals surface area contributed by atoms with E-state index in [1.807, 2.05) is 20.8 Å². The molecule has 0 radical (unpaired) electrons. The highest BCUT2D eigenvalue weighted by molar-refractivity contribution is 9.10. The zero-order valence-corrected chi connectivity index (χ0v) is 12.4. The normalized spacial score (nSPS) is 13.0. The van der Waals surface area contributed by atoms with Gasteiger partial charge < -0.3 is 0 Å². The minimum atomic E-state index is -4.34. The molecule has 1 nitrogen and oxygen atoms in total. The van der Waals surface area contributed by atoms with Crippen molar-refractivity contribution in [2.45, 2.75) is 32.4 Å². The van der Waals surface area contributed by atoms with Crippen LogP contribution in [0.4, 0.5) is 13.2 Å². The second-order valence-corrected chi connectivity index (χ2v) is 6.32. The van der Waals surface area contributed by atoms with E-state index in [4.69, 9.17) is 0 Å². The summed E-state index contributed by atoms with van der Waals surface area (Å²) in [4.78, 5) is 4.16. The molecule has 19 heavy (non-hydrogen) atoms. The maximum Gasteiger partial charge on any atom is 0.416 e. The number of benzene rings is 1. The van der Waals surface area contributed by atoms with Crippen LogP contribution in [0.2, 0.25) is 0 Å². The van der Waals surface area contributed by atoms with E-state index in [-0.39, 0.29) is 5.41 Å². The first-order valence-electron chi connectivity index (χ1n) is 5.76. The van der Waals surface area contributed by atoms with Gasteiger partial charge in [0.2, 0.25) is 0 Å². The summed E-state index contributed by atoms with van der Waals surface area (Å²) in [5, 5.41) is 0.539. The van der Waals surface area contributed by atoms with Crippen molar-refractivity contribution in [3.05, 3.63) is 40.0 Å². The van der Waals surface area contributed by atoms with Gasteiger partial charge in [-0.1, -0.05) is 20.8 Å². The number of nitrogens with zero attached hydrogens (tertiary/aromatic N) is 1. The van der Waals surface area contributed by atoms with E-state index in [0.29, 0.717) is 10.9 Å². The predicted octanol–water partition coefficient (Wildman–Crippen LogP) is 5.31. The van der Waals surface area contributed by atoms with E-state index in [0.717, 1.165) is 16.1 Å². The van der Waals surface area contributed by atoms with Crippen molar-refractivity contribution in [3.8, 4) is 0 Å². The SMILES string of the molecule is CC(C)(C)c1c(Br)cnc2ccc(C(F)(F)F)cc12. The van der Waals surface area contributed by atoms with Gasteiger partial charge in [-0.2, -0.15) is 13.2 Å². The Morgan fingerprint density at radius 3 is 2.26 bits per heavy atom. The average molecular weight is 332 g/mol. The summed E-state index contributed by atoms with van der Waals surface area (Å²) in [7, 11) is 0. The van der Waals surface area contributed by atoms with Crippen LogP contribution in [0.25, 0.3) is 10.9 Å². The maximum absolute atomic E-state index is 12.8. The second-order valence-electron chi connectivity index (χ2n) is 5.46. The van der Waals surface area contributed by atoms with Gasteiger partial charge in [-0.3, -0.25) is 4.98 Å². The summed E-state index contributed by atoms with van der Waals surface area (Å²) in [6.07, 6.45) is -2.71. The first-order chi connectivity index (χ1) is 8.60. The maximum atomic E-state index is 12.8. The molecule has 1 aromatic carbocycles. The van der Waals surface area contributed by atoms with Crippen LogP contribution in [-0.4, -0.2) is 4.98 Å². The molecule has 0 saturated heterocycles. The molecule has 0 bridgehead atoms. The van der Waals surface area contributed by atoms with E-state index in [9.17, 15) is 13.2 Å². The lowest BCUT2D eigenvalue weighted by molar-refractivity contribution is -0.137. The van der Waals surface area contributed by atoms with Gasteiger partial charge in [0.05, 0.1) is 11.1 Å². The van der Waals surface area contributed by atoms with Gasteiger partial charge in [0, 0.05) is 16.1 Å². The minimum absolute atomic E-state index is 0.274. The third-order valence-electron chi connectivity index (χ3n) is 2.90. The lowest BCUT2D eigenvalue weighted by Gasteiger charge is -2.23. The van der Waals surface area contributed by atoms with Crippen molar-refractivity contribution in [1.82, 2.24) is 4.98 Å². The number of halogens is 4. The summed E-state index contributed by atoms with van der Waals surface area (Å²) in [6, 6.07) is 3.66. The average Bonchev–Trinajstić information content (AvgIpc) is 2.24. The molecule has 0 fully saturated rings. The summed E-state index contributed by atoms with van der Waals surface area (Å²) in [6.45, 7) is 5.90. The summed E-state index contributed by atoms with van der Waals surface area (Å²) in [5.41, 5.74) is 0.486. The molecule has 102 valence electrons. The quantitative estimate of drug-likeness (QED) is 0.637. The van der Waals surface area contributed by atoms with Crippen LogP contribution in [0.15, 0.2) is 28.9 Å². The Hall–Kier alpha value is -1.10. The molecule has 0 aliphatic rings. The largest absolute Gasteiger partial charge is 0.416 e. The molecule has 0 saturated carbocycles. The lowest BCUT2D eigenvalue weighted by atomic mass is 9.84. The summed E-state index contributed by atoms with van der Waals surface area (Å²) < 4.78 is 39.2. The number of aromatic nitrogens is 1. The molecule has 0 aliphatic carbocycles. The molecule has 1 heterocycles. The van der Waals surface area contributed by atoms with Crippen LogP contribution in [0, 0.1) is 0 Å². The Morgan fingerprint density at radius 1 is 1.11 bits per heavy atom. The lowest BCUT2D eigenvalue weighted by Crippen LogP contribution is -2.14. The van der Waals surface area contributed by atoms with Gasteiger partial charge in [-0.15, -0.1) is 0 Å². The molecule has 0 unspecified atom stereocenters. The molecule has 0 spiro atoms. The molecule has 0 N–H and O–H groups in total. The zero-order valence-electron chi connectivity index (χ0n) is 10.8. The first kappa shape index (κ1) is 14.3. The molecule has 2 rings (SSSR count). The van der Waals surface area contributed by atoms with Gasteiger partial charge in [0.1, 0.15) is 0 Å². The molecular weight excluding hydrogens is 319 g/mol. The van der Waals surface area contributed by atoms with Crippen LogP contribution in [-0.2, 0) is 11.6 Å². The van der Waals surface area contributed by atoms with Crippen molar-refractivity contribution in [2.75, 3.05) is 0 Å². The number of hydrogen-bond donors (Lipinski definition) is 0. The number of fused-ring (bicyclic) bond motifs is 1. The highest BCUT2D eigenvalue weighted by Crippen LogP contribution is 2.38. The van der Waals surface area contributed by atoms with Crippen molar-refractivity contribution in [1.29, 1.82) is 0 Å². The second kappa shape index (κ2) is 4.47. The Kier molecular flexibility index (Phi) is 3.37. The smallest absolute Gasteiger partial charge is 0.255 e. The minimum Gasteiger partial charge on any atom is -0.255 e. The molecule has 1 aromatic heterocycles. The fraction of sp³-hybridized carbons (Fsp3) is 0.357. The third-order valence-corrected chi connectivity index (χ3v) is 3.50. The van der Waals surface area contributed by atoms with Gasteiger partial charge in [0.15, 0.2) is 0 Å². The fourth-order valence-electron chi connectivity index (χ4n) is 2.11. The standard InChI is InChI=1S/C14H13BrF3N/c1-13(2,3)12-9-6-8(14(16,17)18)4-5-11(9)19-7-10(12)15/h4-7H,1-3H3. The Labute approximate surface area is 118 Å². The van der Waals surface area contributed by atoms with Crippen LogP contribution >= 0.6 is 15.9 Å². The van der Waals surface area contributed by atoms with Crippen LogP contribution < -0.4 is 0 Å². The third kappa shape index (κ3) is 2.76. The van der Waals surface area contributed by atoms with E-state index < -0.39 is 11.7 Å². The molecule has 2 aromatic rings. The number of rotatable bonds is 0. The number of alkyl halides is 3. The van der Waals surface area contributed by atoms with E-state index >= 15 is 0 Å². The summed E-state index contributed by atoms with van der Waals surface area (Å²) in [5.74, 6) is 0. The zero-order chi connectivity index (χ0) is 14.4. The van der Waals surface area contributed by atoms with Crippen LogP contribution in [0.5, 0.6) is 0 Å². The van der Waals surface area contributed by atoms with Gasteiger partial charge >= 0.3 is 6.18 Å². The highest BCUT2D eigenvalue weighted by Gasteiger charge is 2.31. The molecule has 0 atom stereocenters. The van der Waals surface area contributed by atoms with Crippen LogP contribution in [0.3, 0.4) is 0 Å². The van der Waals surface area contributed by atoms with E-state index in [2.05, 4.69) is 20.9 Å². The predicted molar refractivity (Wildman–Crippen MR) is 73.1 cm³/mol. The molecule has 0 amide bonds. The fourth-order valence-corrected chi connectivity index (χ4v) is 3.02. The van der Waals surface area contributed by atoms with Crippen molar-refractivity contribution >= 4 is 26.8 Å². The van der Waals surface area contributed by atoms with Gasteiger partial charge in [-0.05, 0) is 45.1 Å². The monoisotopic (exact) mass is 331 g/mol. The van der Waals surface area contributed by atoms with E-state index in [1.54, 1.807) is 6.20 Å². The van der Waals surface area contributed by atoms with Crippen molar-refractivity contribution in [3.63, 3.8) is 0 Å². The van der Waals surface area contributed by atoms with Crippen molar-refractivity contribution in [2.24, 2.45) is 0 Å². The first-order valence-corrected chi connectivity index (χ1v) is 6.56. The topological polar surface area (TPSA) is 12.9 Å². The number of hydrogen-bond acceptors (Lipinski definition) is 1. The van der Waals surface area contributed by atoms with E-state index in [1.165, 1.54) is 12.1 Å². The van der Waals surface area contributed by atoms with Crippen LogP contribution in [0.1, 0.15) is 31.9 Å².